The average Bonchev–Trinajstić information content (AvgIpc) is 3.13. The van der Waals surface area contributed by atoms with Crippen LogP contribution in [0.3, 0.4) is 0 Å². The van der Waals surface area contributed by atoms with Crippen molar-refractivity contribution in [1.29, 1.82) is 0 Å². The molecule has 4 fully saturated rings. The Morgan fingerprint density at radius 1 is 1.11 bits per heavy atom. The van der Waals surface area contributed by atoms with Gasteiger partial charge >= 0.3 is 0 Å². The Bertz CT molecular complexity index is 370. The molecule has 2 bridgehead atoms. The second-order valence-electron chi connectivity index (χ2n) is 7.38. The number of rotatable bonds is 2. The van der Waals surface area contributed by atoms with Crippen molar-refractivity contribution >= 4 is 5.91 Å². The Morgan fingerprint density at radius 3 is 2.84 bits per heavy atom. The lowest BCUT2D eigenvalue weighted by molar-refractivity contribution is -0.134. The van der Waals surface area contributed by atoms with E-state index in [1.54, 1.807) is 0 Å². The number of likely N-dealkylation sites (tertiary alicyclic amines) is 1. The normalized spacial score (nSPS) is 44.6. The van der Waals surface area contributed by atoms with Gasteiger partial charge in [0.25, 0.3) is 0 Å². The molecular formula is C16H26N2O. The molecule has 2 saturated carbocycles. The highest BCUT2D eigenvalue weighted by atomic mass is 16.2. The third-order valence-electron chi connectivity index (χ3n) is 6.33. The molecule has 1 amide bonds. The van der Waals surface area contributed by atoms with Crippen LogP contribution < -0.4 is 5.32 Å². The molecule has 0 aromatic carbocycles. The van der Waals surface area contributed by atoms with E-state index in [0.29, 0.717) is 11.9 Å². The van der Waals surface area contributed by atoms with E-state index in [2.05, 4.69) is 10.2 Å². The summed E-state index contributed by atoms with van der Waals surface area (Å²) in [5.74, 6) is 3.78. The molecule has 3 heteroatoms. The van der Waals surface area contributed by atoms with Crippen molar-refractivity contribution in [3.63, 3.8) is 0 Å². The molecule has 2 heterocycles. The van der Waals surface area contributed by atoms with Crippen molar-refractivity contribution in [3.8, 4) is 0 Å². The number of piperidine rings is 1. The lowest BCUT2D eigenvalue weighted by atomic mass is 9.85. The van der Waals surface area contributed by atoms with Gasteiger partial charge in [0.05, 0.1) is 0 Å². The molecule has 1 N–H and O–H groups in total. The van der Waals surface area contributed by atoms with Gasteiger partial charge in [-0.25, -0.2) is 0 Å². The third kappa shape index (κ3) is 2.20. The summed E-state index contributed by atoms with van der Waals surface area (Å²) in [4.78, 5) is 14.7. The van der Waals surface area contributed by atoms with E-state index < -0.39 is 0 Å². The largest absolute Gasteiger partial charge is 0.342 e. The van der Waals surface area contributed by atoms with Gasteiger partial charge in [0, 0.05) is 25.6 Å². The van der Waals surface area contributed by atoms with Crippen LogP contribution in [0, 0.1) is 23.7 Å². The Kier molecular flexibility index (Phi) is 3.06. The van der Waals surface area contributed by atoms with E-state index in [0.717, 1.165) is 49.7 Å². The van der Waals surface area contributed by atoms with E-state index in [9.17, 15) is 4.79 Å². The number of fused-ring (bicyclic) bond motifs is 3. The number of hydrogen-bond acceptors (Lipinski definition) is 2. The first-order chi connectivity index (χ1) is 9.29. The summed E-state index contributed by atoms with van der Waals surface area (Å²) in [5.41, 5.74) is 0. The number of hydrogen-bond donors (Lipinski definition) is 1. The second-order valence-corrected chi connectivity index (χ2v) is 7.38. The first-order valence-electron chi connectivity index (χ1n) is 8.31. The van der Waals surface area contributed by atoms with E-state index in [4.69, 9.17) is 0 Å². The minimum Gasteiger partial charge on any atom is -0.342 e. The SMILES string of the molecule is O=C(CC1CC2CCC1C2)N1CCC2NCCC2C1. The molecule has 19 heavy (non-hydrogen) atoms. The van der Waals surface area contributed by atoms with Crippen LogP contribution >= 0.6 is 0 Å². The van der Waals surface area contributed by atoms with Crippen LogP contribution in [0.5, 0.6) is 0 Å². The molecule has 2 aliphatic carbocycles. The summed E-state index contributed by atoms with van der Waals surface area (Å²) >= 11 is 0. The second kappa shape index (κ2) is 4.76. The summed E-state index contributed by atoms with van der Waals surface area (Å²) in [6.45, 7) is 3.18. The molecular weight excluding hydrogens is 236 g/mol. The lowest BCUT2D eigenvalue weighted by Crippen LogP contribution is -2.47. The van der Waals surface area contributed by atoms with Crippen LogP contribution in [0.2, 0.25) is 0 Å². The predicted octanol–water partition coefficient (Wildman–Crippen LogP) is 2.02. The smallest absolute Gasteiger partial charge is 0.222 e. The van der Waals surface area contributed by atoms with Crippen molar-refractivity contribution in [2.75, 3.05) is 19.6 Å². The molecule has 0 radical (unpaired) electrons. The molecule has 0 spiro atoms. The number of nitrogens with one attached hydrogen (secondary N) is 1. The maximum absolute atomic E-state index is 12.5. The van der Waals surface area contributed by atoms with Crippen LogP contribution in [-0.2, 0) is 4.79 Å². The van der Waals surface area contributed by atoms with Crippen LogP contribution in [0.4, 0.5) is 0 Å². The monoisotopic (exact) mass is 262 g/mol. The van der Waals surface area contributed by atoms with Crippen LogP contribution in [-0.4, -0.2) is 36.5 Å². The van der Waals surface area contributed by atoms with Gasteiger partial charge in [0.15, 0.2) is 0 Å². The summed E-state index contributed by atoms with van der Waals surface area (Å²) < 4.78 is 0. The average molecular weight is 262 g/mol. The Hall–Kier alpha value is -0.570. The minimum atomic E-state index is 0.461. The van der Waals surface area contributed by atoms with Crippen LogP contribution in [0.25, 0.3) is 0 Å². The lowest BCUT2D eigenvalue weighted by Gasteiger charge is -2.36. The van der Waals surface area contributed by atoms with Crippen molar-refractivity contribution < 1.29 is 4.79 Å². The van der Waals surface area contributed by atoms with E-state index in [-0.39, 0.29) is 0 Å². The minimum absolute atomic E-state index is 0.461. The summed E-state index contributed by atoms with van der Waals surface area (Å²) in [6.07, 6.45) is 8.90. The fourth-order valence-corrected chi connectivity index (χ4v) is 5.25. The van der Waals surface area contributed by atoms with Gasteiger partial charge in [0.1, 0.15) is 0 Å². The molecule has 2 saturated heterocycles. The van der Waals surface area contributed by atoms with Gasteiger partial charge in [-0.3, -0.25) is 4.79 Å². The maximum atomic E-state index is 12.5. The van der Waals surface area contributed by atoms with Crippen molar-refractivity contribution in [3.05, 3.63) is 0 Å². The summed E-state index contributed by atoms with van der Waals surface area (Å²) in [6, 6.07) is 0.701. The fourth-order valence-electron chi connectivity index (χ4n) is 5.25. The quantitative estimate of drug-likeness (QED) is 0.826. The molecule has 5 atom stereocenters. The van der Waals surface area contributed by atoms with Gasteiger partial charge in [-0.2, -0.15) is 0 Å². The van der Waals surface area contributed by atoms with Crippen LogP contribution in [0.1, 0.15) is 44.9 Å². The first-order valence-corrected chi connectivity index (χ1v) is 8.31. The zero-order valence-corrected chi connectivity index (χ0v) is 11.8. The molecule has 4 aliphatic rings. The van der Waals surface area contributed by atoms with E-state index in [1.165, 1.54) is 38.5 Å². The molecule has 5 unspecified atom stereocenters. The van der Waals surface area contributed by atoms with Crippen molar-refractivity contribution in [2.24, 2.45) is 23.7 Å². The van der Waals surface area contributed by atoms with Crippen LogP contribution in [0.15, 0.2) is 0 Å². The van der Waals surface area contributed by atoms with Crippen molar-refractivity contribution in [2.45, 2.75) is 51.0 Å². The summed E-state index contributed by atoms with van der Waals surface area (Å²) in [7, 11) is 0. The predicted molar refractivity (Wildman–Crippen MR) is 74.6 cm³/mol. The molecule has 0 aromatic rings. The molecule has 3 nitrogen and oxygen atoms in total. The topological polar surface area (TPSA) is 32.3 Å². The number of carbonyl (C=O) groups excluding carboxylic acids is 1. The van der Waals surface area contributed by atoms with E-state index >= 15 is 0 Å². The Balaban J connectivity index is 1.33. The highest BCUT2D eigenvalue weighted by Crippen LogP contribution is 2.49. The van der Waals surface area contributed by atoms with Gasteiger partial charge in [-0.05, 0) is 62.3 Å². The number of amides is 1. The standard InChI is InChI=1S/C16H26N2O/c19-16(9-14-8-11-1-2-12(14)7-11)18-6-4-15-13(10-18)3-5-17-15/h11-15,17H,1-10H2. The fraction of sp³-hybridized carbons (Fsp3) is 0.938. The van der Waals surface area contributed by atoms with Gasteiger partial charge in [-0.1, -0.05) is 6.42 Å². The molecule has 106 valence electrons. The third-order valence-corrected chi connectivity index (χ3v) is 6.33. The van der Waals surface area contributed by atoms with E-state index in [1.807, 2.05) is 0 Å². The van der Waals surface area contributed by atoms with Gasteiger partial charge in [-0.15, -0.1) is 0 Å². The maximum Gasteiger partial charge on any atom is 0.222 e. The zero-order chi connectivity index (χ0) is 12.8. The highest BCUT2D eigenvalue weighted by molar-refractivity contribution is 5.76. The summed E-state index contributed by atoms with van der Waals surface area (Å²) in [5, 5.41) is 3.58. The number of nitrogens with zero attached hydrogens (tertiary/aromatic N) is 1. The highest BCUT2D eigenvalue weighted by Gasteiger charge is 2.41. The van der Waals surface area contributed by atoms with Gasteiger partial charge in [0.2, 0.25) is 5.91 Å². The van der Waals surface area contributed by atoms with Crippen molar-refractivity contribution in [1.82, 2.24) is 10.2 Å². The first kappa shape index (κ1) is 12.2. The zero-order valence-electron chi connectivity index (χ0n) is 11.8. The molecule has 2 aliphatic heterocycles. The Morgan fingerprint density at radius 2 is 2.05 bits per heavy atom. The van der Waals surface area contributed by atoms with Gasteiger partial charge < -0.3 is 10.2 Å². The molecule has 0 aromatic heterocycles. The Labute approximate surface area is 116 Å². The number of carbonyl (C=O) groups is 1. The molecule has 4 rings (SSSR count).